The van der Waals surface area contributed by atoms with Gasteiger partial charge in [0.25, 0.3) is 0 Å². The molecule has 0 aliphatic heterocycles. The van der Waals surface area contributed by atoms with E-state index in [1.165, 1.54) is 4.46 Å². The summed E-state index contributed by atoms with van der Waals surface area (Å²) < 4.78 is 6.55. The molecule has 0 fully saturated rings. The number of hydrogen-bond acceptors (Lipinski definition) is 2. The van der Waals surface area contributed by atoms with Crippen LogP contribution in [-0.2, 0) is 11.3 Å². The van der Waals surface area contributed by atoms with Crippen molar-refractivity contribution in [1.29, 1.82) is 0 Å². The van der Waals surface area contributed by atoms with Crippen molar-refractivity contribution >= 4 is 25.5 Å². The van der Waals surface area contributed by atoms with Crippen LogP contribution in [0.4, 0.5) is 4.79 Å². The average Bonchev–Trinajstić information content (AvgIpc) is 2.53. The molecule has 21 heavy (non-hydrogen) atoms. The van der Waals surface area contributed by atoms with Gasteiger partial charge < -0.3 is 0 Å². The zero-order chi connectivity index (χ0) is 14.9. The number of hydrogen-bond donors (Lipinski definition) is 1. The molecule has 2 aromatic rings. The molecule has 0 aliphatic rings. The molecule has 0 bridgehead atoms. The maximum absolute atomic E-state index is 11.7. The van der Waals surface area contributed by atoms with Gasteiger partial charge in [0.05, 0.1) is 0 Å². The molecular formula is C17H19NO2Se. The van der Waals surface area contributed by atoms with E-state index in [9.17, 15) is 4.79 Å². The molecular weight excluding hydrogens is 329 g/mol. The zero-order valence-electron chi connectivity index (χ0n) is 12.0. The summed E-state index contributed by atoms with van der Waals surface area (Å²) >= 11 is 0.368. The third-order valence-corrected chi connectivity index (χ3v) is 5.49. The second-order valence-electron chi connectivity index (χ2n) is 4.73. The Balaban J connectivity index is 1.67. The number of benzene rings is 2. The van der Waals surface area contributed by atoms with Gasteiger partial charge in [-0.3, -0.25) is 0 Å². The molecule has 0 heterocycles. The minimum absolute atomic E-state index is 0.119. The quantitative estimate of drug-likeness (QED) is 0.816. The van der Waals surface area contributed by atoms with Crippen LogP contribution in [-0.4, -0.2) is 27.1 Å². The molecule has 4 heteroatoms. The molecule has 0 aromatic heterocycles. The van der Waals surface area contributed by atoms with E-state index in [4.69, 9.17) is 4.74 Å². The molecule has 0 aliphatic carbocycles. The Morgan fingerprint density at radius 3 is 2.38 bits per heavy atom. The van der Waals surface area contributed by atoms with Gasteiger partial charge in [0.15, 0.2) is 0 Å². The maximum atomic E-state index is 11.7. The first-order valence-corrected chi connectivity index (χ1v) is 8.96. The average molecular weight is 348 g/mol. The van der Waals surface area contributed by atoms with Gasteiger partial charge in [-0.25, -0.2) is 0 Å². The van der Waals surface area contributed by atoms with Crippen LogP contribution in [0.5, 0.6) is 0 Å². The first-order chi connectivity index (χ1) is 10.2. The number of rotatable bonds is 6. The van der Waals surface area contributed by atoms with Crippen LogP contribution in [0.2, 0.25) is 5.32 Å². The van der Waals surface area contributed by atoms with E-state index in [1.54, 1.807) is 0 Å². The van der Waals surface area contributed by atoms with E-state index >= 15 is 0 Å². The Kier molecular flexibility index (Phi) is 6.32. The Morgan fingerprint density at radius 1 is 1.10 bits per heavy atom. The third kappa shape index (κ3) is 6.03. The summed E-state index contributed by atoms with van der Waals surface area (Å²) in [6, 6.07) is 20.2. The molecule has 1 N–H and O–H groups in total. The van der Waals surface area contributed by atoms with Gasteiger partial charge in [0.2, 0.25) is 0 Å². The van der Waals surface area contributed by atoms with Crippen molar-refractivity contribution < 1.29 is 9.53 Å². The second kappa shape index (κ2) is 8.50. The summed E-state index contributed by atoms with van der Waals surface area (Å²) in [5.74, 6) is 0. The number of nitrogens with one attached hydrogen (secondary N) is 1. The Bertz CT molecular complexity index is 545. The van der Waals surface area contributed by atoms with E-state index in [-0.39, 0.29) is 12.1 Å². The molecule has 0 saturated heterocycles. The van der Waals surface area contributed by atoms with Gasteiger partial charge >= 0.3 is 131 Å². The van der Waals surface area contributed by atoms with Crippen molar-refractivity contribution in [2.75, 3.05) is 0 Å². The Hall–Kier alpha value is -1.77. The monoisotopic (exact) mass is 349 g/mol. The fraction of sp³-hybridized carbons (Fsp3) is 0.235. The van der Waals surface area contributed by atoms with Crippen LogP contribution < -0.4 is 9.78 Å². The van der Waals surface area contributed by atoms with Gasteiger partial charge in [-0.15, -0.1) is 0 Å². The van der Waals surface area contributed by atoms with Gasteiger partial charge in [0.1, 0.15) is 0 Å². The number of amides is 1. The molecule has 2 rings (SSSR count). The summed E-state index contributed by atoms with van der Waals surface area (Å²) in [7, 11) is 0. The van der Waals surface area contributed by atoms with E-state index in [2.05, 4.69) is 17.4 Å². The molecule has 0 spiro atoms. The molecule has 110 valence electrons. The number of alkyl carbamates (subject to hydrolysis) is 1. The molecule has 0 radical (unpaired) electrons. The van der Waals surface area contributed by atoms with E-state index in [0.717, 1.165) is 10.9 Å². The predicted octanol–water partition coefficient (Wildman–Crippen LogP) is 2.75. The summed E-state index contributed by atoms with van der Waals surface area (Å²) in [5.41, 5.74) is 0.994. The number of carbonyl (C=O) groups is 1. The van der Waals surface area contributed by atoms with Gasteiger partial charge in [0, 0.05) is 0 Å². The van der Waals surface area contributed by atoms with E-state index < -0.39 is 0 Å². The van der Waals surface area contributed by atoms with E-state index in [0.29, 0.717) is 21.6 Å². The van der Waals surface area contributed by atoms with Crippen molar-refractivity contribution in [3.05, 3.63) is 66.2 Å². The molecule has 1 amide bonds. The second-order valence-corrected chi connectivity index (χ2v) is 7.03. The van der Waals surface area contributed by atoms with Gasteiger partial charge in [-0.1, -0.05) is 0 Å². The predicted molar refractivity (Wildman–Crippen MR) is 85.9 cm³/mol. The fourth-order valence-electron chi connectivity index (χ4n) is 1.75. The summed E-state index contributed by atoms with van der Waals surface area (Å²) in [4.78, 5) is 11.7. The Morgan fingerprint density at radius 2 is 1.71 bits per heavy atom. The molecule has 2 aromatic carbocycles. The summed E-state index contributed by atoms with van der Waals surface area (Å²) in [6.07, 6.45) is -0.352. The Labute approximate surface area is 131 Å². The molecule has 0 saturated carbocycles. The zero-order valence-corrected chi connectivity index (χ0v) is 13.7. The van der Waals surface area contributed by atoms with Crippen molar-refractivity contribution in [3.8, 4) is 0 Å². The first kappa shape index (κ1) is 15.6. The molecule has 1 atom stereocenters. The van der Waals surface area contributed by atoms with Gasteiger partial charge in [-0.2, -0.15) is 0 Å². The van der Waals surface area contributed by atoms with Crippen molar-refractivity contribution in [2.45, 2.75) is 24.9 Å². The van der Waals surface area contributed by atoms with Crippen LogP contribution in [0.15, 0.2) is 60.7 Å². The van der Waals surface area contributed by atoms with Crippen molar-refractivity contribution in [1.82, 2.24) is 5.32 Å². The molecule has 3 nitrogen and oxygen atoms in total. The summed E-state index contributed by atoms with van der Waals surface area (Å²) in [6.45, 7) is 2.32. The van der Waals surface area contributed by atoms with Crippen LogP contribution in [0.25, 0.3) is 0 Å². The van der Waals surface area contributed by atoms with E-state index in [1.807, 2.05) is 55.5 Å². The SMILES string of the molecule is CC(C[Se]c1ccccc1)NC(=O)OCc1ccccc1. The first-order valence-electron chi connectivity index (χ1n) is 6.89. The standard InChI is InChI=1S/C17H19NO2Se/c1-14(13-21-16-10-6-3-7-11-16)18-17(19)20-12-15-8-4-2-5-9-15/h2-11,14H,12-13H2,1H3,(H,18,19). The number of ether oxygens (including phenoxy) is 1. The van der Waals surface area contributed by atoms with Crippen LogP contribution >= 0.6 is 0 Å². The van der Waals surface area contributed by atoms with Crippen LogP contribution in [0.1, 0.15) is 12.5 Å². The van der Waals surface area contributed by atoms with Crippen molar-refractivity contribution in [2.24, 2.45) is 0 Å². The van der Waals surface area contributed by atoms with Crippen LogP contribution in [0.3, 0.4) is 0 Å². The fourth-order valence-corrected chi connectivity index (χ4v) is 3.58. The normalized spacial score (nSPS) is 11.7. The summed E-state index contributed by atoms with van der Waals surface area (Å²) in [5, 5.41) is 3.83. The van der Waals surface area contributed by atoms with Crippen LogP contribution in [0, 0.1) is 0 Å². The third-order valence-electron chi connectivity index (χ3n) is 2.82. The minimum atomic E-state index is -0.352. The molecule has 1 unspecified atom stereocenters. The topological polar surface area (TPSA) is 38.3 Å². The van der Waals surface area contributed by atoms with Crippen molar-refractivity contribution in [3.63, 3.8) is 0 Å². The number of carbonyl (C=O) groups excluding carboxylic acids is 1. The van der Waals surface area contributed by atoms with Gasteiger partial charge in [-0.05, 0) is 0 Å².